The van der Waals surface area contributed by atoms with Gasteiger partial charge in [0.2, 0.25) is 5.91 Å². The number of benzene rings is 1. The number of amides is 1. The molecule has 1 atom stereocenters. The van der Waals surface area contributed by atoms with Crippen LogP contribution in [0.5, 0.6) is 5.75 Å². The Kier molecular flexibility index (Phi) is 10.2. The summed E-state index contributed by atoms with van der Waals surface area (Å²) in [5.74, 6) is 0.168. The first kappa shape index (κ1) is 24.2. The van der Waals surface area contributed by atoms with Crippen LogP contribution in [0.2, 0.25) is 0 Å². The first-order valence-electron chi connectivity index (χ1n) is 8.51. The van der Waals surface area contributed by atoms with E-state index in [0.717, 1.165) is 10.4 Å². The lowest BCUT2D eigenvalue weighted by Crippen LogP contribution is -2.39. The second-order valence-electron chi connectivity index (χ2n) is 6.15. The highest BCUT2D eigenvalue weighted by molar-refractivity contribution is 14.0. The molecule has 1 amide bonds. The minimum atomic E-state index is -0.420. The Balaban J connectivity index is 0.00000392. The fourth-order valence-electron chi connectivity index (χ4n) is 2.27. The second-order valence-corrected chi connectivity index (χ2v) is 7.18. The number of nitrogens with zero attached hydrogens (tertiary/aromatic N) is 2. The van der Waals surface area contributed by atoms with Crippen molar-refractivity contribution in [1.29, 1.82) is 0 Å². The summed E-state index contributed by atoms with van der Waals surface area (Å²) in [6, 6.07) is 8.59. The van der Waals surface area contributed by atoms with Gasteiger partial charge in [0.15, 0.2) is 17.5 Å². The third-order valence-corrected chi connectivity index (χ3v) is 4.79. The van der Waals surface area contributed by atoms with Crippen LogP contribution in [0, 0.1) is 5.82 Å². The van der Waals surface area contributed by atoms with Gasteiger partial charge in [0, 0.05) is 19.0 Å². The molecule has 1 heterocycles. The van der Waals surface area contributed by atoms with Gasteiger partial charge in [0.1, 0.15) is 6.54 Å². The minimum absolute atomic E-state index is 0. The van der Waals surface area contributed by atoms with Crippen LogP contribution in [0.1, 0.15) is 23.4 Å². The highest BCUT2D eigenvalue weighted by atomic mass is 127. The van der Waals surface area contributed by atoms with Crippen LogP contribution in [0.25, 0.3) is 0 Å². The number of hydrogen-bond donors (Lipinski definition) is 2. The van der Waals surface area contributed by atoms with Crippen molar-refractivity contribution in [3.05, 3.63) is 52.0 Å². The lowest BCUT2D eigenvalue weighted by molar-refractivity contribution is -0.127. The topological polar surface area (TPSA) is 66.0 Å². The molecule has 6 nitrogen and oxygen atoms in total. The van der Waals surface area contributed by atoms with E-state index in [1.165, 1.54) is 18.1 Å². The lowest BCUT2D eigenvalue weighted by Gasteiger charge is -2.19. The van der Waals surface area contributed by atoms with E-state index in [1.807, 2.05) is 24.4 Å². The van der Waals surface area contributed by atoms with E-state index < -0.39 is 5.82 Å². The summed E-state index contributed by atoms with van der Waals surface area (Å²) in [5, 5.41) is 8.43. The Bertz CT molecular complexity index is 784. The average Bonchev–Trinajstić information content (AvgIpc) is 3.16. The molecule has 28 heavy (non-hydrogen) atoms. The van der Waals surface area contributed by atoms with Gasteiger partial charge in [-0.1, -0.05) is 12.1 Å². The summed E-state index contributed by atoms with van der Waals surface area (Å²) in [7, 11) is 4.81. The van der Waals surface area contributed by atoms with Crippen LogP contribution in [0.15, 0.2) is 40.7 Å². The number of nitrogens with one attached hydrogen (secondary N) is 2. The zero-order valence-corrected chi connectivity index (χ0v) is 19.5. The van der Waals surface area contributed by atoms with Crippen molar-refractivity contribution in [3.63, 3.8) is 0 Å². The van der Waals surface area contributed by atoms with Crippen LogP contribution < -0.4 is 15.4 Å². The smallest absolute Gasteiger partial charge is 0.243 e. The van der Waals surface area contributed by atoms with Crippen molar-refractivity contribution in [2.24, 2.45) is 4.99 Å². The molecule has 154 valence electrons. The largest absolute Gasteiger partial charge is 0.494 e. The highest BCUT2D eigenvalue weighted by Crippen LogP contribution is 2.21. The number of hydrogen-bond acceptors (Lipinski definition) is 4. The standard InChI is InChI=1S/C19H25FN4O2S.HI/c1-13(14-7-8-17(26-4)16(20)10-14)23-19(22-12-18(25)24(2)3)21-11-15-6-5-9-27-15;/h5-10,13H,11-12H2,1-4H3,(H2,21,22,23);1H. The summed E-state index contributed by atoms with van der Waals surface area (Å²) in [5.41, 5.74) is 0.748. The zero-order chi connectivity index (χ0) is 19.8. The molecule has 0 aliphatic rings. The molecule has 2 aromatic rings. The van der Waals surface area contributed by atoms with Crippen LogP contribution in [0.3, 0.4) is 0 Å². The van der Waals surface area contributed by atoms with E-state index in [2.05, 4.69) is 15.6 Å². The third-order valence-electron chi connectivity index (χ3n) is 3.91. The van der Waals surface area contributed by atoms with E-state index in [1.54, 1.807) is 37.6 Å². The molecule has 0 saturated heterocycles. The molecule has 0 saturated carbocycles. The first-order valence-corrected chi connectivity index (χ1v) is 9.39. The summed E-state index contributed by atoms with van der Waals surface area (Å²) in [4.78, 5) is 18.8. The normalized spacial score (nSPS) is 12.0. The summed E-state index contributed by atoms with van der Waals surface area (Å²) >= 11 is 1.63. The van der Waals surface area contributed by atoms with Crippen molar-refractivity contribution in [2.45, 2.75) is 19.5 Å². The molecular weight excluding hydrogens is 494 g/mol. The van der Waals surface area contributed by atoms with E-state index in [9.17, 15) is 9.18 Å². The maximum Gasteiger partial charge on any atom is 0.243 e. The van der Waals surface area contributed by atoms with Crippen molar-refractivity contribution >= 4 is 47.2 Å². The lowest BCUT2D eigenvalue weighted by atomic mass is 10.1. The zero-order valence-electron chi connectivity index (χ0n) is 16.4. The Morgan fingerprint density at radius 1 is 1.36 bits per heavy atom. The molecule has 2 rings (SSSR count). The molecule has 1 aromatic heterocycles. The first-order chi connectivity index (χ1) is 12.9. The number of carbonyl (C=O) groups excluding carboxylic acids is 1. The number of thiophene rings is 1. The highest BCUT2D eigenvalue weighted by Gasteiger charge is 2.12. The Morgan fingerprint density at radius 3 is 2.68 bits per heavy atom. The van der Waals surface area contributed by atoms with E-state index in [0.29, 0.717) is 12.5 Å². The average molecular weight is 520 g/mol. The molecule has 0 aliphatic heterocycles. The number of aliphatic imine (C=N–C) groups is 1. The molecule has 1 unspecified atom stereocenters. The number of rotatable bonds is 7. The number of guanidine groups is 1. The molecule has 9 heteroatoms. The Labute approximate surface area is 186 Å². The Hall–Kier alpha value is -1.88. The van der Waals surface area contributed by atoms with Crippen molar-refractivity contribution < 1.29 is 13.9 Å². The van der Waals surface area contributed by atoms with Gasteiger partial charge < -0.3 is 20.3 Å². The molecular formula is C19H26FIN4O2S. The predicted octanol–water partition coefficient (Wildman–Crippen LogP) is 3.40. The van der Waals surface area contributed by atoms with E-state index >= 15 is 0 Å². The van der Waals surface area contributed by atoms with Crippen LogP contribution in [0.4, 0.5) is 4.39 Å². The fraction of sp³-hybridized carbons (Fsp3) is 0.368. The number of halogens is 2. The van der Waals surface area contributed by atoms with E-state index in [4.69, 9.17) is 4.74 Å². The second kappa shape index (κ2) is 11.8. The summed E-state index contributed by atoms with van der Waals surface area (Å²) < 4.78 is 18.9. The van der Waals surface area contributed by atoms with Crippen molar-refractivity contribution in [2.75, 3.05) is 27.7 Å². The maximum atomic E-state index is 14.0. The molecule has 0 bridgehead atoms. The number of likely N-dealkylation sites (N-methyl/N-ethyl adjacent to an activating group) is 1. The van der Waals surface area contributed by atoms with Gasteiger partial charge >= 0.3 is 0 Å². The number of ether oxygens (including phenoxy) is 1. The van der Waals surface area contributed by atoms with Crippen LogP contribution in [-0.4, -0.2) is 44.5 Å². The predicted molar refractivity (Wildman–Crippen MR) is 122 cm³/mol. The van der Waals surface area contributed by atoms with Gasteiger partial charge in [-0.05, 0) is 36.1 Å². The van der Waals surface area contributed by atoms with Crippen molar-refractivity contribution in [3.8, 4) is 5.75 Å². The van der Waals surface area contributed by atoms with Crippen LogP contribution >= 0.6 is 35.3 Å². The molecule has 1 aromatic carbocycles. The van der Waals surface area contributed by atoms with Gasteiger partial charge in [0.05, 0.1) is 19.7 Å². The van der Waals surface area contributed by atoms with Crippen LogP contribution in [-0.2, 0) is 11.3 Å². The maximum absolute atomic E-state index is 14.0. The minimum Gasteiger partial charge on any atom is -0.494 e. The van der Waals surface area contributed by atoms with Gasteiger partial charge in [-0.3, -0.25) is 4.79 Å². The van der Waals surface area contributed by atoms with Gasteiger partial charge in [-0.2, -0.15) is 0 Å². The van der Waals surface area contributed by atoms with Gasteiger partial charge in [0.25, 0.3) is 0 Å². The number of carbonyl (C=O) groups is 1. The summed E-state index contributed by atoms with van der Waals surface area (Å²) in [6.07, 6.45) is 0. The molecule has 0 aliphatic carbocycles. The van der Waals surface area contributed by atoms with Gasteiger partial charge in [-0.15, -0.1) is 35.3 Å². The monoisotopic (exact) mass is 520 g/mol. The molecule has 0 radical (unpaired) electrons. The van der Waals surface area contributed by atoms with Crippen molar-refractivity contribution in [1.82, 2.24) is 15.5 Å². The Morgan fingerprint density at radius 2 is 2.11 bits per heavy atom. The number of methoxy groups -OCH3 is 1. The molecule has 0 fully saturated rings. The summed E-state index contributed by atoms with van der Waals surface area (Å²) in [6.45, 7) is 2.51. The fourth-order valence-corrected chi connectivity index (χ4v) is 2.91. The molecule has 0 spiro atoms. The quantitative estimate of drug-likeness (QED) is 0.334. The van der Waals surface area contributed by atoms with E-state index in [-0.39, 0.29) is 48.2 Å². The SMILES string of the molecule is COc1ccc(C(C)NC(=NCC(=O)N(C)C)NCc2cccs2)cc1F.I. The molecule has 2 N–H and O–H groups in total. The third kappa shape index (κ3) is 7.27. The van der Waals surface area contributed by atoms with Gasteiger partial charge in [-0.25, -0.2) is 9.38 Å².